The number of hydrogen-bond donors (Lipinski definition) is 0. The summed E-state index contributed by atoms with van der Waals surface area (Å²) >= 11 is 0. The topological polar surface area (TPSA) is 61.8 Å². The number of carbonyl (C=O) groups is 2. The molecular formula is C18H20O5. The summed E-state index contributed by atoms with van der Waals surface area (Å²) in [5, 5.41) is 0. The van der Waals surface area contributed by atoms with Crippen LogP contribution in [0.1, 0.15) is 42.6 Å². The number of cyclic esters (lactones) is 1. The molecule has 1 unspecified atom stereocenters. The van der Waals surface area contributed by atoms with Crippen molar-refractivity contribution in [3.63, 3.8) is 0 Å². The second-order valence-corrected chi connectivity index (χ2v) is 6.36. The fourth-order valence-electron chi connectivity index (χ4n) is 3.03. The van der Waals surface area contributed by atoms with Crippen molar-refractivity contribution in [1.29, 1.82) is 0 Å². The van der Waals surface area contributed by atoms with Crippen LogP contribution in [-0.2, 0) is 20.7 Å². The predicted octanol–water partition coefficient (Wildman–Crippen LogP) is 2.82. The Morgan fingerprint density at radius 2 is 2.04 bits per heavy atom. The number of Topliss-reactive ketones (excluding diaryl/α,β-unsaturated/α-hetero) is 1. The van der Waals surface area contributed by atoms with Crippen LogP contribution in [0.5, 0.6) is 5.75 Å². The van der Waals surface area contributed by atoms with Crippen molar-refractivity contribution in [1.82, 2.24) is 0 Å². The summed E-state index contributed by atoms with van der Waals surface area (Å²) in [5.41, 5.74) is 1.19. The van der Waals surface area contributed by atoms with Gasteiger partial charge in [-0.15, -0.1) is 6.58 Å². The van der Waals surface area contributed by atoms with Gasteiger partial charge in [0.25, 0.3) is 0 Å². The van der Waals surface area contributed by atoms with Gasteiger partial charge in [0, 0.05) is 33.1 Å². The van der Waals surface area contributed by atoms with Crippen LogP contribution in [0.3, 0.4) is 0 Å². The highest BCUT2D eigenvalue weighted by Gasteiger charge is 2.36. The maximum atomic E-state index is 12.3. The molecule has 1 saturated heterocycles. The first-order valence-electron chi connectivity index (χ1n) is 7.72. The van der Waals surface area contributed by atoms with Gasteiger partial charge in [-0.3, -0.25) is 4.79 Å². The van der Waals surface area contributed by atoms with E-state index in [2.05, 4.69) is 6.58 Å². The summed E-state index contributed by atoms with van der Waals surface area (Å²) in [5.74, 6) is -0.732. The minimum absolute atomic E-state index is 0.149. The maximum absolute atomic E-state index is 12.3. The third-order valence-electron chi connectivity index (χ3n) is 3.97. The van der Waals surface area contributed by atoms with Crippen LogP contribution in [0.2, 0.25) is 0 Å². The van der Waals surface area contributed by atoms with Crippen LogP contribution < -0.4 is 4.74 Å². The first-order chi connectivity index (χ1) is 10.9. The fraction of sp³-hybridized carbons (Fsp3) is 0.444. The number of ether oxygens (including phenoxy) is 3. The van der Waals surface area contributed by atoms with Crippen LogP contribution in [0.15, 0.2) is 30.9 Å². The molecule has 0 radical (unpaired) electrons. The Bertz CT molecular complexity index is 661. The van der Waals surface area contributed by atoms with Crippen LogP contribution in [0.25, 0.3) is 0 Å². The molecule has 0 spiro atoms. The fourth-order valence-corrected chi connectivity index (χ4v) is 3.03. The molecule has 23 heavy (non-hydrogen) atoms. The molecule has 2 aliphatic rings. The molecule has 2 aliphatic heterocycles. The van der Waals surface area contributed by atoms with Crippen LogP contribution in [0, 0.1) is 0 Å². The minimum Gasteiger partial charge on any atom is -0.452 e. The summed E-state index contributed by atoms with van der Waals surface area (Å²) < 4.78 is 16.9. The van der Waals surface area contributed by atoms with E-state index in [1.54, 1.807) is 26.0 Å². The van der Waals surface area contributed by atoms with E-state index in [9.17, 15) is 9.59 Å². The summed E-state index contributed by atoms with van der Waals surface area (Å²) in [6.07, 6.45) is 2.28. The van der Waals surface area contributed by atoms with Crippen LogP contribution in [0.4, 0.5) is 0 Å². The van der Waals surface area contributed by atoms with Crippen molar-refractivity contribution in [2.24, 2.45) is 0 Å². The molecule has 0 saturated carbocycles. The van der Waals surface area contributed by atoms with E-state index in [0.29, 0.717) is 30.6 Å². The van der Waals surface area contributed by atoms with Gasteiger partial charge in [0.1, 0.15) is 17.1 Å². The summed E-state index contributed by atoms with van der Waals surface area (Å²) in [4.78, 5) is 24.1. The second-order valence-electron chi connectivity index (χ2n) is 6.36. The van der Waals surface area contributed by atoms with Gasteiger partial charge in [0.2, 0.25) is 5.79 Å². The Labute approximate surface area is 135 Å². The molecule has 2 atom stereocenters. The lowest BCUT2D eigenvalue weighted by atomic mass is 9.94. The molecule has 0 bridgehead atoms. The van der Waals surface area contributed by atoms with E-state index in [0.717, 1.165) is 5.56 Å². The molecule has 1 fully saturated rings. The van der Waals surface area contributed by atoms with Crippen molar-refractivity contribution in [3.05, 3.63) is 42.0 Å². The molecule has 5 nitrogen and oxygen atoms in total. The van der Waals surface area contributed by atoms with Crippen LogP contribution in [-0.4, -0.2) is 29.7 Å². The molecule has 1 aromatic rings. The quantitative estimate of drug-likeness (QED) is 0.634. The molecule has 5 heteroatoms. The first kappa shape index (κ1) is 15.7. The Morgan fingerprint density at radius 3 is 2.78 bits per heavy atom. The zero-order valence-electron chi connectivity index (χ0n) is 13.3. The number of hydrogen-bond acceptors (Lipinski definition) is 5. The lowest BCUT2D eigenvalue weighted by Crippen LogP contribution is -2.40. The van der Waals surface area contributed by atoms with Gasteiger partial charge in [-0.1, -0.05) is 18.2 Å². The smallest absolute Gasteiger partial charge is 0.345 e. The van der Waals surface area contributed by atoms with Gasteiger partial charge in [0.05, 0.1) is 12.2 Å². The minimum atomic E-state index is -0.978. The highest BCUT2D eigenvalue weighted by atomic mass is 16.7. The Kier molecular flexibility index (Phi) is 3.98. The van der Waals surface area contributed by atoms with E-state index >= 15 is 0 Å². The van der Waals surface area contributed by atoms with Gasteiger partial charge in [0.15, 0.2) is 0 Å². The molecule has 0 aromatic heterocycles. The zero-order valence-corrected chi connectivity index (χ0v) is 13.3. The third-order valence-corrected chi connectivity index (χ3v) is 3.97. The number of rotatable bonds is 3. The normalized spacial score (nSPS) is 26.0. The molecule has 122 valence electrons. The number of carbonyl (C=O) groups excluding carboxylic acids is 2. The van der Waals surface area contributed by atoms with Gasteiger partial charge in [-0.25, -0.2) is 4.79 Å². The maximum Gasteiger partial charge on any atom is 0.345 e. The monoisotopic (exact) mass is 316 g/mol. The summed E-state index contributed by atoms with van der Waals surface area (Å²) in [6.45, 7) is 7.07. The number of ketones is 1. The van der Waals surface area contributed by atoms with Gasteiger partial charge in [-0.05, 0) is 11.6 Å². The van der Waals surface area contributed by atoms with E-state index in [-0.39, 0.29) is 18.0 Å². The van der Waals surface area contributed by atoms with E-state index < -0.39 is 11.8 Å². The lowest BCUT2D eigenvalue weighted by molar-refractivity contribution is -0.132. The molecule has 2 heterocycles. The van der Waals surface area contributed by atoms with Crippen molar-refractivity contribution < 1.29 is 23.8 Å². The van der Waals surface area contributed by atoms with E-state index in [4.69, 9.17) is 14.2 Å². The third kappa shape index (κ3) is 3.29. The van der Waals surface area contributed by atoms with Gasteiger partial charge < -0.3 is 14.2 Å². The predicted molar refractivity (Wildman–Crippen MR) is 83.4 cm³/mol. The average molecular weight is 316 g/mol. The van der Waals surface area contributed by atoms with E-state index in [1.165, 1.54) is 0 Å². The van der Waals surface area contributed by atoms with Crippen molar-refractivity contribution >= 4 is 11.8 Å². The van der Waals surface area contributed by atoms with Gasteiger partial charge in [-0.2, -0.15) is 0 Å². The van der Waals surface area contributed by atoms with E-state index in [1.807, 2.05) is 12.1 Å². The molecule has 0 amide bonds. The highest BCUT2D eigenvalue weighted by molar-refractivity contribution is 5.95. The molecule has 1 aromatic carbocycles. The summed E-state index contributed by atoms with van der Waals surface area (Å²) in [7, 11) is 0. The number of fused-ring (bicyclic) bond motifs is 1. The first-order valence-corrected chi connectivity index (χ1v) is 7.72. The Morgan fingerprint density at radius 1 is 1.26 bits per heavy atom. The summed E-state index contributed by atoms with van der Waals surface area (Å²) in [6, 6.07) is 5.42. The molecule has 3 rings (SSSR count). The zero-order chi connectivity index (χ0) is 16.6. The molecule has 0 N–H and O–H groups in total. The largest absolute Gasteiger partial charge is 0.452 e. The molecular weight excluding hydrogens is 296 g/mol. The Balaban J connectivity index is 1.86. The van der Waals surface area contributed by atoms with Crippen molar-refractivity contribution in [2.45, 2.75) is 51.1 Å². The number of esters is 1. The van der Waals surface area contributed by atoms with Gasteiger partial charge >= 0.3 is 5.97 Å². The molecule has 0 aliphatic carbocycles. The Hall–Kier alpha value is -2.14. The van der Waals surface area contributed by atoms with Crippen LogP contribution >= 0.6 is 0 Å². The highest BCUT2D eigenvalue weighted by Crippen LogP contribution is 2.34. The second kappa shape index (κ2) is 5.81. The average Bonchev–Trinajstić information content (AvgIpc) is 2.44. The standard InChI is InChI=1S/C18H20O5/c1-4-13-9-12(19)10-14(21-13)8-11-6-5-7-15-16(11)17(20)23-18(2,3)22-15/h4-7,13-14H,1,8-10H2,2-3H3/t13?,14-/m0/s1. The SMILES string of the molecule is C=CC1CC(=O)C[C@H](Cc2cccc3c2C(=O)OC(C)(C)O3)O1. The van der Waals surface area contributed by atoms with Crippen molar-refractivity contribution in [3.8, 4) is 5.75 Å². The lowest BCUT2D eigenvalue weighted by Gasteiger charge is -2.33. The number of benzene rings is 1. The van der Waals surface area contributed by atoms with Crippen molar-refractivity contribution in [2.75, 3.05) is 0 Å².